The van der Waals surface area contributed by atoms with Crippen LogP contribution >= 0.6 is 22.6 Å². The number of phenolic OH excluding ortho intramolecular Hbond substituents is 1. The average molecular weight is 292 g/mol. The summed E-state index contributed by atoms with van der Waals surface area (Å²) in [6.07, 6.45) is 2.17. The van der Waals surface area contributed by atoms with E-state index in [0.29, 0.717) is 0 Å². The van der Waals surface area contributed by atoms with Crippen LogP contribution in [0.5, 0.6) is 11.5 Å². The minimum atomic E-state index is 0.287. The van der Waals surface area contributed by atoms with Gasteiger partial charge in [0.25, 0.3) is 0 Å². The van der Waals surface area contributed by atoms with Gasteiger partial charge >= 0.3 is 0 Å². The lowest BCUT2D eigenvalue weighted by Gasteiger charge is -2.07. The van der Waals surface area contributed by atoms with Gasteiger partial charge in [-0.2, -0.15) is 0 Å². The molecule has 0 radical (unpaired) electrons. The molecule has 0 saturated carbocycles. The molecule has 0 aliphatic carbocycles. The van der Waals surface area contributed by atoms with Crippen molar-refractivity contribution in [3.8, 4) is 11.5 Å². The Morgan fingerprint density at radius 1 is 1.46 bits per heavy atom. The predicted octanol–water partition coefficient (Wildman–Crippen LogP) is 3.18. The first-order valence-electron chi connectivity index (χ1n) is 4.36. The summed E-state index contributed by atoms with van der Waals surface area (Å²) in [7, 11) is 0. The van der Waals surface area contributed by atoms with Gasteiger partial charge < -0.3 is 9.84 Å². The van der Waals surface area contributed by atoms with Crippen LogP contribution in [0.4, 0.5) is 0 Å². The molecule has 0 aliphatic rings. The van der Waals surface area contributed by atoms with Crippen LogP contribution in [-0.4, -0.2) is 11.7 Å². The highest BCUT2D eigenvalue weighted by atomic mass is 127. The monoisotopic (exact) mass is 292 g/mol. The van der Waals surface area contributed by atoms with Crippen molar-refractivity contribution in [2.45, 2.75) is 19.8 Å². The van der Waals surface area contributed by atoms with Gasteiger partial charge in [0.2, 0.25) is 0 Å². The number of ether oxygens (including phenoxy) is 1. The summed E-state index contributed by atoms with van der Waals surface area (Å²) >= 11 is 2.08. The second-order valence-corrected chi connectivity index (χ2v) is 3.87. The molecule has 72 valence electrons. The quantitative estimate of drug-likeness (QED) is 0.682. The van der Waals surface area contributed by atoms with E-state index in [1.165, 1.54) is 0 Å². The fourth-order valence-electron chi connectivity index (χ4n) is 0.937. The molecule has 0 saturated heterocycles. The lowest BCUT2D eigenvalue weighted by atomic mass is 10.3. The van der Waals surface area contributed by atoms with Crippen molar-refractivity contribution < 1.29 is 9.84 Å². The second kappa shape index (κ2) is 5.32. The molecule has 0 unspecified atom stereocenters. The van der Waals surface area contributed by atoms with E-state index in [4.69, 9.17) is 4.74 Å². The van der Waals surface area contributed by atoms with Gasteiger partial charge in [0, 0.05) is 0 Å². The maximum Gasteiger partial charge on any atom is 0.136 e. The van der Waals surface area contributed by atoms with Crippen LogP contribution in [0.1, 0.15) is 19.8 Å². The summed E-state index contributed by atoms with van der Waals surface area (Å²) in [5.74, 6) is 1.06. The van der Waals surface area contributed by atoms with Gasteiger partial charge in [-0.15, -0.1) is 0 Å². The highest BCUT2D eigenvalue weighted by Gasteiger charge is 2.03. The first-order valence-corrected chi connectivity index (χ1v) is 5.44. The minimum absolute atomic E-state index is 0.287. The van der Waals surface area contributed by atoms with Crippen molar-refractivity contribution >= 4 is 22.6 Å². The topological polar surface area (TPSA) is 29.5 Å². The van der Waals surface area contributed by atoms with Crippen LogP contribution in [0.25, 0.3) is 0 Å². The maximum absolute atomic E-state index is 9.37. The zero-order chi connectivity index (χ0) is 9.68. The first-order chi connectivity index (χ1) is 6.25. The van der Waals surface area contributed by atoms with E-state index >= 15 is 0 Å². The smallest absolute Gasteiger partial charge is 0.136 e. The van der Waals surface area contributed by atoms with Crippen molar-refractivity contribution in [2.24, 2.45) is 0 Å². The molecule has 0 heterocycles. The summed E-state index contributed by atoms with van der Waals surface area (Å²) in [5, 5.41) is 9.37. The fraction of sp³-hybridized carbons (Fsp3) is 0.400. The molecule has 0 spiro atoms. The van der Waals surface area contributed by atoms with E-state index in [1.807, 2.05) is 6.07 Å². The number of hydrogen-bond donors (Lipinski definition) is 1. The summed E-state index contributed by atoms with van der Waals surface area (Å²) < 4.78 is 6.28. The molecule has 0 atom stereocenters. The number of unbranched alkanes of at least 4 members (excludes halogenated alkanes) is 1. The molecule has 0 bridgehead atoms. The van der Waals surface area contributed by atoms with Crippen LogP contribution in [0, 0.1) is 3.57 Å². The third kappa shape index (κ3) is 3.06. The lowest BCUT2D eigenvalue weighted by molar-refractivity contribution is 0.305. The van der Waals surface area contributed by atoms with Crippen molar-refractivity contribution in [2.75, 3.05) is 6.61 Å². The molecule has 0 amide bonds. The van der Waals surface area contributed by atoms with Crippen LogP contribution in [0.15, 0.2) is 18.2 Å². The molecule has 13 heavy (non-hydrogen) atoms. The highest BCUT2D eigenvalue weighted by molar-refractivity contribution is 14.1. The Kier molecular flexibility index (Phi) is 4.35. The summed E-state index contributed by atoms with van der Waals surface area (Å²) in [4.78, 5) is 0. The van der Waals surface area contributed by atoms with Gasteiger partial charge in [-0.25, -0.2) is 0 Å². The van der Waals surface area contributed by atoms with E-state index in [9.17, 15) is 5.11 Å². The lowest BCUT2D eigenvalue weighted by Crippen LogP contribution is -1.97. The molecule has 1 N–H and O–H groups in total. The Hall–Kier alpha value is -0.450. The van der Waals surface area contributed by atoms with Crippen molar-refractivity contribution in [3.63, 3.8) is 0 Å². The van der Waals surface area contributed by atoms with Gasteiger partial charge in [-0.05, 0) is 41.1 Å². The van der Waals surface area contributed by atoms with Gasteiger partial charge in [0.1, 0.15) is 11.5 Å². The standard InChI is InChI=1S/C10H13IO2/c1-2-3-7-13-9-6-4-5-8(12)10(9)11/h4-6,12H,2-3,7H2,1H3. The van der Waals surface area contributed by atoms with Crippen molar-refractivity contribution in [1.29, 1.82) is 0 Å². The van der Waals surface area contributed by atoms with E-state index in [1.54, 1.807) is 12.1 Å². The first kappa shape index (κ1) is 10.6. The van der Waals surface area contributed by atoms with E-state index < -0.39 is 0 Å². The molecule has 1 aromatic rings. The molecule has 0 aromatic heterocycles. The zero-order valence-electron chi connectivity index (χ0n) is 7.59. The summed E-state index contributed by atoms with van der Waals surface area (Å²) in [5.41, 5.74) is 0. The summed E-state index contributed by atoms with van der Waals surface area (Å²) in [6.45, 7) is 2.84. The number of aromatic hydroxyl groups is 1. The molecular weight excluding hydrogens is 279 g/mol. The normalized spacial score (nSPS) is 10.0. The van der Waals surface area contributed by atoms with Gasteiger partial charge in [-0.1, -0.05) is 19.4 Å². The predicted molar refractivity (Wildman–Crippen MR) is 61.2 cm³/mol. The Morgan fingerprint density at radius 3 is 2.92 bits per heavy atom. The number of halogens is 1. The van der Waals surface area contributed by atoms with Crippen LogP contribution in [-0.2, 0) is 0 Å². The van der Waals surface area contributed by atoms with E-state index in [-0.39, 0.29) is 5.75 Å². The Morgan fingerprint density at radius 2 is 2.23 bits per heavy atom. The molecule has 2 nitrogen and oxygen atoms in total. The third-order valence-electron chi connectivity index (χ3n) is 1.70. The SMILES string of the molecule is CCCCOc1cccc(O)c1I. The highest BCUT2D eigenvalue weighted by Crippen LogP contribution is 2.28. The fourth-order valence-corrected chi connectivity index (χ4v) is 1.45. The largest absolute Gasteiger partial charge is 0.507 e. The Balaban J connectivity index is 2.61. The van der Waals surface area contributed by atoms with Crippen LogP contribution in [0.3, 0.4) is 0 Å². The number of phenols is 1. The number of benzene rings is 1. The van der Waals surface area contributed by atoms with E-state index in [2.05, 4.69) is 29.5 Å². The van der Waals surface area contributed by atoms with Crippen LogP contribution < -0.4 is 4.74 Å². The van der Waals surface area contributed by atoms with E-state index in [0.717, 1.165) is 28.8 Å². The van der Waals surface area contributed by atoms with Crippen LogP contribution in [0.2, 0.25) is 0 Å². The number of hydrogen-bond acceptors (Lipinski definition) is 2. The minimum Gasteiger partial charge on any atom is -0.507 e. The number of rotatable bonds is 4. The third-order valence-corrected chi connectivity index (χ3v) is 2.78. The Bertz CT molecular complexity index is 274. The molecule has 3 heteroatoms. The van der Waals surface area contributed by atoms with Crippen molar-refractivity contribution in [1.82, 2.24) is 0 Å². The molecular formula is C10H13IO2. The Labute approximate surface area is 92.1 Å². The summed E-state index contributed by atoms with van der Waals surface area (Å²) in [6, 6.07) is 5.32. The molecule has 0 aliphatic heterocycles. The molecule has 1 rings (SSSR count). The molecule has 0 fully saturated rings. The van der Waals surface area contributed by atoms with Gasteiger partial charge in [0.15, 0.2) is 0 Å². The zero-order valence-corrected chi connectivity index (χ0v) is 9.74. The van der Waals surface area contributed by atoms with Crippen molar-refractivity contribution in [3.05, 3.63) is 21.8 Å². The maximum atomic E-state index is 9.37. The second-order valence-electron chi connectivity index (χ2n) is 2.79. The average Bonchev–Trinajstić information content (AvgIpc) is 2.13. The van der Waals surface area contributed by atoms with Gasteiger partial charge in [0.05, 0.1) is 10.2 Å². The van der Waals surface area contributed by atoms with Gasteiger partial charge in [-0.3, -0.25) is 0 Å². The molecule has 1 aromatic carbocycles.